The average Bonchev–Trinajstić information content (AvgIpc) is 3.14. The summed E-state index contributed by atoms with van der Waals surface area (Å²) in [6.45, 7) is 0.461. The number of hydrogen-bond donors (Lipinski definition) is 2. The molecule has 0 spiro atoms. The van der Waals surface area contributed by atoms with Crippen LogP contribution >= 0.6 is 0 Å². The molecule has 0 aliphatic carbocycles. The van der Waals surface area contributed by atoms with Crippen LogP contribution in [0.15, 0.2) is 63.0 Å². The zero-order valence-electron chi connectivity index (χ0n) is 17.8. The molecule has 0 unspecified atom stereocenters. The maximum atomic E-state index is 13.4. The molecule has 0 aliphatic heterocycles. The Morgan fingerprint density at radius 3 is 2.18 bits per heavy atom. The van der Waals surface area contributed by atoms with Crippen LogP contribution < -0.4 is 21.7 Å². The maximum Gasteiger partial charge on any atom is 0.332 e. The SMILES string of the molecule is Cn1c(=O)c2c(nc(NCc3ccc(S(N)(=O)=O)cc3)n2Cc2ccc(F)cc2)n(C)c1=O. The minimum Gasteiger partial charge on any atom is -0.351 e. The Bertz CT molecular complexity index is 1570. The molecule has 12 heteroatoms. The Balaban J connectivity index is 1.77. The van der Waals surface area contributed by atoms with Crippen LogP contribution in [0.1, 0.15) is 11.1 Å². The van der Waals surface area contributed by atoms with Gasteiger partial charge in [-0.2, -0.15) is 4.98 Å². The van der Waals surface area contributed by atoms with Crippen molar-refractivity contribution in [3.05, 3.63) is 86.3 Å². The number of nitrogens with one attached hydrogen (secondary N) is 1. The third-order valence-corrected chi connectivity index (χ3v) is 6.23. The zero-order valence-corrected chi connectivity index (χ0v) is 18.6. The summed E-state index contributed by atoms with van der Waals surface area (Å²) < 4.78 is 40.2. The molecule has 33 heavy (non-hydrogen) atoms. The number of sulfonamides is 1. The topological polar surface area (TPSA) is 134 Å². The van der Waals surface area contributed by atoms with Crippen LogP contribution in [0.4, 0.5) is 10.3 Å². The van der Waals surface area contributed by atoms with E-state index < -0.39 is 21.3 Å². The summed E-state index contributed by atoms with van der Waals surface area (Å²) in [5.74, 6) is -0.0583. The smallest absolute Gasteiger partial charge is 0.332 e. The van der Waals surface area contributed by atoms with Crippen LogP contribution in [0.2, 0.25) is 0 Å². The molecule has 3 N–H and O–H groups in total. The van der Waals surface area contributed by atoms with Crippen molar-refractivity contribution in [2.24, 2.45) is 19.2 Å². The van der Waals surface area contributed by atoms with E-state index in [2.05, 4.69) is 10.3 Å². The van der Waals surface area contributed by atoms with Crippen LogP contribution in [0, 0.1) is 5.82 Å². The first-order valence-corrected chi connectivity index (χ1v) is 11.4. The van der Waals surface area contributed by atoms with E-state index in [0.29, 0.717) is 5.95 Å². The van der Waals surface area contributed by atoms with E-state index in [1.165, 1.54) is 42.9 Å². The summed E-state index contributed by atoms with van der Waals surface area (Å²) in [5, 5.41) is 8.27. The second-order valence-corrected chi connectivity index (χ2v) is 9.13. The standard InChI is InChI=1S/C21H21FN6O4S/c1-26-18-17(19(29)27(2)21(26)30)28(12-14-3-7-15(22)8-4-14)20(25-18)24-11-13-5-9-16(10-6-13)33(23,31)32/h3-10H,11-12H2,1-2H3,(H,24,25)(H2,23,31,32). The fourth-order valence-electron chi connectivity index (χ4n) is 3.49. The van der Waals surface area contributed by atoms with Crippen molar-refractivity contribution in [2.75, 3.05) is 5.32 Å². The molecular weight excluding hydrogens is 451 g/mol. The number of aryl methyl sites for hydroxylation is 1. The molecule has 0 amide bonds. The van der Waals surface area contributed by atoms with Crippen molar-refractivity contribution in [1.82, 2.24) is 18.7 Å². The summed E-state index contributed by atoms with van der Waals surface area (Å²) in [4.78, 5) is 29.8. The van der Waals surface area contributed by atoms with Gasteiger partial charge in [-0.25, -0.2) is 22.7 Å². The van der Waals surface area contributed by atoms with Crippen LogP contribution in [0.3, 0.4) is 0 Å². The molecule has 2 aromatic carbocycles. The quantitative estimate of drug-likeness (QED) is 0.428. The summed E-state index contributed by atoms with van der Waals surface area (Å²) in [6.07, 6.45) is 0. The van der Waals surface area contributed by atoms with Gasteiger partial charge < -0.3 is 5.32 Å². The molecule has 0 atom stereocenters. The van der Waals surface area contributed by atoms with Gasteiger partial charge in [0.2, 0.25) is 16.0 Å². The van der Waals surface area contributed by atoms with Gasteiger partial charge in [0, 0.05) is 20.6 Å². The maximum absolute atomic E-state index is 13.4. The van der Waals surface area contributed by atoms with Gasteiger partial charge in [0.1, 0.15) is 5.82 Å². The van der Waals surface area contributed by atoms with Crippen molar-refractivity contribution < 1.29 is 12.8 Å². The highest BCUT2D eigenvalue weighted by atomic mass is 32.2. The van der Waals surface area contributed by atoms with Crippen molar-refractivity contribution in [3.63, 3.8) is 0 Å². The number of benzene rings is 2. The Morgan fingerprint density at radius 1 is 0.970 bits per heavy atom. The molecule has 172 valence electrons. The van der Waals surface area contributed by atoms with E-state index in [0.717, 1.165) is 15.7 Å². The molecule has 10 nitrogen and oxygen atoms in total. The highest BCUT2D eigenvalue weighted by molar-refractivity contribution is 7.89. The molecule has 4 rings (SSSR count). The van der Waals surface area contributed by atoms with Crippen LogP contribution in [0.25, 0.3) is 11.2 Å². The van der Waals surface area contributed by atoms with Crippen molar-refractivity contribution in [2.45, 2.75) is 18.0 Å². The lowest BCUT2D eigenvalue weighted by Crippen LogP contribution is -2.37. The van der Waals surface area contributed by atoms with E-state index in [-0.39, 0.29) is 35.0 Å². The Kier molecular flexibility index (Phi) is 5.64. The predicted molar refractivity (Wildman–Crippen MR) is 121 cm³/mol. The summed E-state index contributed by atoms with van der Waals surface area (Å²) in [6, 6.07) is 11.8. The minimum atomic E-state index is -3.80. The minimum absolute atomic E-state index is 0.00621. The molecular formula is C21H21FN6O4S. The van der Waals surface area contributed by atoms with E-state index in [1.54, 1.807) is 28.8 Å². The second-order valence-electron chi connectivity index (χ2n) is 7.57. The van der Waals surface area contributed by atoms with E-state index in [1.807, 2.05) is 0 Å². The van der Waals surface area contributed by atoms with Crippen molar-refractivity contribution in [3.8, 4) is 0 Å². The molecule has 2 aromatic heterocycles. The molecule has 0 bridgehead atoms. The number of imidazole rings is 1. The number of halogens is 1. The monoisotopic (exact) mass is 472 g/mol. The van der Waals surface area contributed by atoms with Gasteiger partial charge in [0.15, 0.2) is 11.2 Å². The predicted octanol–water partition coefficient (Wildman–Crippen LogP) is 0.881. The van der Waals surface area contributed by atoms with Gasteiger partial charge in [0.25, 0.3) is 5.56 Å². The van der Waals surface area contributed by atoms with E-state index in [9.17, 15) is 22.4 Å². The lowest BCUT2D eigenvalue weighted by molar-refractivity contribution is 0.597. The number of rotatable bonds is 6. The van der Waals surface area contributed by atoms with Gasteiger partial charge in [-0.15, -0.1) is 0 Å². The number of fused-ring (bicyclic) bond motifs is 1. The Morgan fingerprint density at radius 2 is 1.58 bits per heavy atom. The van der Waals surface area contributed by atoms with Gasteiger partial charge in [-0.3, -0.25) is 18.5 Å². The third kappa shape index (κ3) is 4.30. The summed E-state index contributed by atoms with van der Waals surface area (Å²) >= 11 is 0. The Labute approximate surface area is 187 Å². The first kappa shape index (κ1) is 22.4. The number of nitrogens with two attached hydrogens (primary N) is 1. The van der Waals surface area contributed by atoms with Crippen molar-refractivity contribution >= 4 is 27.1 Å². The molecule has 0 radical (unpaired) electrons. The highest BCUT2D eigenvalue weighted by Gasteiger charge is 2.19. The second kappa shape index (κ2) is 8.30. The molecule has 4 aromatic rings. The average molecular weight is 473 g/mol. The first-order chi connectivity index (χ1) is 15.6. The number of primary sulfonamides is 1. The zero-order chi connectivity index (χ0) is 23.9. The first-order valence-electron chi connectivity index (χ1n) is 9.82. The highest BCUT2D eigenvalue weighted by Crippen LogP contribution is 2.19. The molecule has 0 aliphatic rings. The summed E-state index contributed by atoms with van der Waals surface area (Å²) in [7, 11) is -0.888. The fourth-order valence-corrected chi connectivity index (χ4v) is 4.00. The van der Waals surface area contributed by atoms with Gasteiger partial charge in [0.05, 0.1) is 11.4 Å². The Hall–Kier alpha value is -3.77. The molecule has 0 fully saturated rings. The van der Waals surface area contributed by atoms with E-state index >= 15 is 0 Å². The van der Waals surface area contributed by atoms with Gasteiger partial charge in [-0.05, 0) is 35.4 Å². The number of hydrogen-bond acceptors (Lipinski definition) is 6. The molecule has 2 heterocycles. The lowest BCUT2D eigenvalue weighted by Gasteiger charge is -2.11. The van der Waals surface area contributed by atoms with Gasteiger partial charge in [-0.1, -0.05) is 24.3 Å². The normalized spacial score (nSPS) is 11.8. The van der Waals surface area contributed by atoms with Crippen molar-refractivity contribution in [1.29, 1.82) is 0 Å². The van der Waals surface area contributed by atoms with Crippen LogP contribution in [-0.4, -0.2) is 27.1 Å². The lowest BCUT2D eigenvalue weighted by atomic mass is 10.2. The summed E-state index contributed by atoms with van der Waals surface area (Å²) in [5.41, 5.74) is 0.877. The van der Waals surface area contributed by atoms with Crippen LogP contribution in [-0.2, 0) is 37.2 Å². The number of aromatic nitrogens is 4. The van der Waals surface area contributed by atoms with E-state index in [4.69, 9.17) is 5.14 Å². The number of nitrogens with zero attached hydrogens (tertiary/aromatic N) is 4. The third-order valence-electron chi connectivity index (χ3n) is 5.30. The molecule has 0 saturated carbocycles. The van der Waals surface area contributed by atoms with Crippen LogP contribution in [0.5, 0.6) is 0 Å². The fraction of sp³-hybridized carbons (Fsp3) is 0.190. The largest absolute Gasteiger partial charge is 0.351 e. The molecule has 0 saturated heterocycles. The van der Waals surface area contributed by atoms with Gasteiger partial charge >= 0.3 is 5.69 Å². The number of anilines is 1.